The lowest BCUT2D eigenvalue weighted by Gasteiger charge is -2.26. The van der Waals surface area contributed by atoms with Gasteiger partial charge < -0.3 is 15.0 Å². The predicted molar refractivity (Wildman–Crippen MR) is 96.5 cm³/mol. The molecule has 0 aliphatic carbocycles. The zero-order valence-corrected chi connectivity index (χ0v) is 15.0. The number of ether oxygens (including phenoxy) is 1. The second-order valence-electron chi connectivity index (χ2n) is 5.75. The highest BCUT2D eigenvalue weighted by atomic mass is 32.1. The van der Waals surface area contributed by atoms with Crippen molar-refractivity contribution in [2.24, 2.45) is 0 Å². The molecule has 2 heterocycles. The van der Waals surface area contributed by atoms with Gasteiger partial charge in [-0.25, -0.2) is 9.78 Å². The maximum absolute atomic E-state index is 12.1. The summed E-state index contributed by atoms with van der Waals surface area (Å²) in [5.41, 5.74) is 2.23. The average molecular weight is 345 g/mol. The molecule has 1 aliphatic rings. The minimum Gasteiger partial charge on any atom is -0.494 e. The number of amides is 2. The molecule has 0 saturated carbocycles. The van der Waals surface area contributed by atoms with Crippen molar-refractivity contribution in [3.05, 3.63) is 34.8 Å². The molecule has 1 aromatic heterocycles. The molecule has 1 N–H and O–H groups in total. The fourth-order valence-electron chi connectivity index (χ4n) is 2.70. The summed E-state index contributed by atoms with van der Waals surface area (Å²) in [5.74, 6) is 0.876. The van der Waals surface area contributed by atoms with E-state index >= 15 is 0 Å². The van der Waals surface area contributed by atoms with E-state index in [0.717, 1.165) is 47.9 Å². The zero-order valence-electron chi connectivity index (χ0n) is 14.2. The van der Waals surface area contributed by atoms with Crippen LogP contribution in [-0.2, 0) is 13.0 Å². The van der Waals surface area contributed by atoms with Crippen molar-refractivity contribution < 1.29 is 9.53 Å². The summed E-state index contributed by atoms with van der Waals surface area (Å²) in [6, 6.07) is 8.06. The van der Waals surface area contributed by atoms with Crippen molar-refractivity contribution >= 4 is 17.4 Å². The summed E-state index contributed by atoms with van der Waals surface area (Å²) >= 11 is 1.68. The smallest absolute Gasteiger partial charge is 0.317 e. The lowest BCUT2D eigenvalue weighted by atomic mass is 10.2. The summed E-state index contributed by atoms with van der Waals surface area (Å²) in [7, 11) is 0. The molecule has 0 atom stereocenters. The van der Waals surface area contributed by atoms with Gasteiger partial charge in [-0.05, 0) is 37.6 Å². The summed E-state index contributed by atoms with van der Waals surface area (Å²) in [4.78, 5) is 20.0. The molecule has 0 bridgehead atoms. The Hall–Kier alpha value is -2.08. The Morgan fingerprint density at radius 1 is 1.33 bits per heavy atom. The average Bonchev–Trinajstić information content (AvgIpc) is 3.03. The minimum absolute atomic E-state index is 0.0264. The first-order valence-corrected chi connectivity index (χ1v) is 9.27. The van der Waals surface area contributed by atoms with Gasteiger partial charge in [0.05, 0.1) is 18.8 Å². The van der Waals surface area contributed by atoms with E-state index < -0.39 is 0 Å². The zero-order chi connectivity index (χ0) is 16.9. The molecule has 2 amide bonds. The molecule has 6 heteroatoms. The first-order chi connectivity index (χ1) is 11.7. The van der Waals surface area contributed by atoms with Gasteiger partial charge in [0, 0.05) is 30.0 Å². The number of rotatable bonds is 5. The topological polar surface area (TPSA) is 54.5 Å². The molecule has 24 heavy (non-hydrogen) atoms. The highest BCUT2D eigenvalue weighted by Crippen LogP contribution is 2.32. The van der Waals surface area contributed by atoms with Gasteiger partial charge in [-0.1, -0.05) is 6.92 Å². The third-order valence-electron chi connectivity index (χ3n) is 3.96. The number of carbonyl (C=O) groups is 1. The number of nitrogens with zero attached hydrogens (tertiary/aromatic N) is 2. The lowest BCUT2D eigenvalue weighted by molar-refractivity contribution is 0.193. The second-order valence-corrected chi connectivity index (χ2v) is 6.83. The molecule has 128 valence electrons. The van der Waals surface area contributed by atoms with Gasteiger partial charge in [-0.2, -0.15) is 0 Å². The number of urea groups is 1. The van der Waals surface area contributed by atoms with E-state index in [0.29, 0.717) is 13.2 Å². The third kappa shape index (κ3) is 3.70. The van der Waals surface area contributed by atoms with E-state index in [4.69, 9.17) is 9.72 Å². The molecule has 0 unspecified atom stereocenters. The number of nitrogens with one attached hydrogen (secondary N) is 1. The van der Waals surface area contributed by atoms with Crippen molar-refractivity contribution in [1.82, 2.24) is 15.2 Å². The molecule has 2 aromatic rings. The monoisotopic (exact) mass is 345 g/mol. The van der Waals surface area contributed by atoms with Crippen LogP contribution in [0.15, 0.2) is 24.3 Å². The van der Waals surface area contributed by atoms with E-state index in [1.165, 1.54) is 4.88 Å². The van der Waals surface area contributed by atoms with E-state index in [-0.39, 0.29) is 6.03 Å². The highest BCUT2D eigenvalue weighted by molar-refractivity contribution is 7.15. The van der Waals surface area contributed by atoms with Crippen LogP contribution in [0.2, 0.25) is 0 Å². The van der Waals surface area contributed by atoms with Crippen LogP contribution >= 0.6 is 11.3 Å². The SMILES string of the molecule is CCCNC(=O)N1CCc2nc(-c3ccc(OCC)cc3)sc2C1. The number of carbonyl (C=O) groups excluding carboxylic acids is 1. The Morgan fingerprint density at radius 2 is 2.12 bits per heavy atom. The van der Waals surface area contributed by atoms with Gasteiger partial charge in [-0.3, -0.25) is 0 Å². The Bertz CT molecular complexity index is 697. The largest absolute Gasteiger partial charge is 0.494 e. The fraction of sp³-hybridized carbons (Fsp3) is 0.444. The van der Waals surface area contributed by atoms with Gasteiger partial charge in [0.15, 0.2) is 0 Å². The molecule has 0 fully saturated rings. The van der Waals surface area contributed by atoms with Gasteiger partial charge >= 0.3 is 6.03 Å². The first kappa shape index (κ1) is 16.8. The van der Waals surface area contributed by atoms with Crippen molar-refractivity contribution in [3.63, 3.8) is 0 Å². The standard InChI is InChI=1S/C18H23N3O2S/c1-3-10-19-18(22)21-11-9-15-16(12-21)24-17(20-15)13-5-7-14(8-6-13)23-4-2/h5-8H,3-4,9-12H2,1-2H3,(H,19,22). The van der Waals surface area contributed by atoms with Crippen molar-refractivity contribution in [2.45, 2.75) is 33.2 Å². The minimum atomic E-state index is 0.0264. The molecule has 1 aliphatic heterocycles. The second kappa shape index (κ2) is 7.66. The maximum Gasteiger partial charge on any atom is 0.317 e. The quantitative estimate of drug-likeness (QED) is 0.899. The Balaban J connectivity index is 1.72. The third-order valence-corrected chi connectivity index (χ3v) is 5.09. The molecule has 0 saturated heterocycles. The maximum atomic E-state index is 12.1. The van der Waals surface area contributed by atoms with Crippen LogP contribution in [0.3, 0.4) is 0 Å². The molecule has 1 aromatic carbocycles. The number of benzene rings is 1. The van der Waals surface area contributed by atoms with Crippen LogP contribution in [0.5, 0.6) is 5.75 Å². The molecule has 3 rings (SSSR count). The summed E-state index contributed by atoms with van der Waals surface area (Å²) in [6.45, 7) is 6.81. The van der Waals surface area contributed by atoms with Crippen LogP contribution < -0.4 is 10.1 Å². The normalized spacial score (nSPS) is 13.5. The number of aromatic nitrogens is 1. The van der Waals surface area contributed by atoms with Gasteiger partial charge in [0.2, 0.25) is 0 Å². The van der Waals surface area contributed by atoms with E-state index in [1.807, 2.05) is 36.1 Å². The number of hydrogen-bond donors (Lipinski definition) is 1. The summed E-state index contributed by atoms with van der Waals surface area (Å²) < 4.78 is 5.48. The number of thiazole rings is 1. The van der Waals surface area contributed by atoms with Crippen molar-refractivity contribution in [2.75, 3.05) is 19.7 Å². The lowest BCUT2D eigenvalue weighted by Crippen LogP contribution is -2.42. The van der Waals surface area contributed by atoms with Crippen LogP contribution in [0.1, 0.15) is 30.8 Å². The van der Waals surface area contributed by atoms with E-state index in [1.54, 1.807) is 11.3 Å². The highest BCUT2D eigenvalue weighted by Gasteiger charge is 2.24. The van der Waals surface area contributed by atoms with Crippen LogP contribution in [0.4, 0.5) is 4.79 Å². The molecule has 5 nitrogen and oxygen atoms in total. The molecular weight excluding hydrogens is 322 g/mol. The van der Waals surface area contributed by atoms with Crippen LogP contribution in [0, 0.1) is 0 Å². The summed E-state index contributed by atoms with van der Waals surface area (Å²) in [5, 5.41) is 3.96. The summed E-state index contributed by atoms with van der Waals surface area (Å²) in [6.07, 6.45) is 1.77. The van der Waals surface area contributed by atoms with Crippen LogP contribution in [-0.4, -0.2) is 35.6 Å². The molecule has 0 spiro atoms. The van der Waals surface area contributed by atoms with Gasteiger partial charge in [0.1, 0.15) is 10.8 Å². The fourth-order valence-corrected chi connectivity index (χ4v) is 3.83. The Morgan fingerprint density at radius 3 is 2.83 bits per heavy atom. The van der Waals surface area contributed by atoms with Gasteiger partial charge in [-0.15, -0.1) is 11.3 Å². The van der Waals surface area contributed by atoms with E-state index in [9.17, 15) is 4.79 Å². The van der Waals surface area contributed by atoms with Crippen molar-refractivity contribution in [1.29, 1.82) is 0 Å². The molecular formula is C18H23N3O2S. The predicted octanol–water partition coefficient (Wildman–Crippen LogP) is 3.69. The van der Waals surface area contributed by atoms with Crippen LogP contribution in [0.25, 0.3) is 10.6 Å². The number of fused-ring (bicyclic) bond motifs is 1. The first-order valence-electron chi connectivity index (χ1n) is 8.45. The van der Waals surface area contributed by atoms with E-state index in [2.05, 4.69) is 12.2 Å². The van der Waals surface area contributed by atoms with Gasteiger partial charge in [0.25, 0.3) is 0 Å². The Labute approximate surface area is 146 Å². The number of hydrogen-bond acceptors (Lipinski definition) is 4. The Kier molecular flexibility index (Phi) is 5.35. The molecule has 0 radical (unpaired) electrons. The van der Waals surface area contributed by atoms with Crippen molar-refractivity contribution in [3.8, 4) is 16.3 Å².